The molecule has 1 saturated heterocycles. The van der Waals surface area contributed by atoms with Crippen LogP contribution in [0.15, 0.2) is 49.0 Å². The van der Waals surface area contributed by atoms with E-state index in [0.717, 1.165) is 71.2 Å². The Kier molecular flexibility index (Phi) is 5.34. The van der Waals surface area contributed by atoms with Crippen molar-refractivity contribution < 1.29 is 0 Å². The molecule has 2 aliphatic rings. The average molecular weight is 452 g/mol. The number of aromatic amines is 1. The number of pyridine rings is 2. The van der Waals surface area contributed by atoms with Crippen LogP contribution in [-0.2, 0) is 0 Å². The van der Waals surface area contributed by atoms with Crippen LogP contribution in [0.3, 0.4) is 0 Å². The second-order valence-electron chi connectivity index (χ2n) is 9.05. The van der Waals surface area contributed by atoms with Gasteiger partial charge in [-0.1, -0.05) is 18.2 Å². The van der Waals surface area contributed by atoms with E-state index in [0.29, 0.717) is 5.92 Å². The highest BCUT2D eigenvalue weighted by atomic mass is 15.2. The van der Waals surface area contributed by atoms with Crippen molar-refractivity contribution in [2.45, 2.75) is 32.6 Å². The Hall–Kier alpha value is -3.58. The minimum atomic E-state index is 0.582. The molecule has 0 atom stereocenters. The first kappa shape index (κ1) is 21.0. The molecule has 2 fully saturated rings. The van der Waals surface area contributed by atoms with E-state index in [2.05, 4.69) is 43.4 Å². The minimum absolute atomic E-state index is 0.582. The highest BCUT2D eigenvalue weighted by Crippen LogP contribution is 2.45. The van der Waals surface area contributed by atoms with Gasteiger partial charge in [-0.05, 0) is 55.9 Å². The first-order valence-electron chi connectivity index (χ1n) is 12.2. The lowest BCUT2D eigenvalue weighted by molar-refractivity contribution is 0.586. The fourth-order valence-corrected chi connectivity index (χ4v) is 4.92. The zero-order valence-corrected chi connectivity index (χ0v) is 19.7. The number of nitrogens with one attached hydrogen (secondary N) is 2. The van der Waals surface area contributed by atoms with Crippen LogP contribution in [0.5, 0.6) is 0 Å². The minimum Gasteiger partial charge on any atom is -0.353 e. The van der Waals surface area contributed by atoms with Gasteiger partial charge in [-0.15, -0.1) is 0 Å². The van der Waals surface area contributed by atoms with Crippen LogP contribution in [0.25, 0.3) is 38.9 Å². The molecule has 0 spiro atoms. The highest BCUT2D eigenvalue weighted by molar-refractivity contribution is 5.98. The Labute approximate surface area is 199 Å². The number of rotatable bonds is 5. The van der Waals surface area contributed by atoms with Crippen LogP contribution in [0, 0.1) is 0 Å². The van der Waals surface area contributed by atoms with Crippen molar-refractivity contribution in [3.8, 4) is 11.4 Å². The third-order valence-electron chi connectivity index (χ3n) is 6.79. The summed E-state index contributed by atoms with van der Waals surface area (Å²) in [5.74, 6) is 2.34. The van der Waals surface area contributed by atoms with Gasteiger partial charge in [0.05, 0.1) is 11.7 Å². The Balaban J connectivity index is 1.56. The number of anilines is 1. The van der Waals surface area contributed by atoms with E-state index >= 15 is 0 Å². The van der Waals surface area contributed by atoms with Crippen molar-refractivity contribution in [2.24, 2.45) is 0 Å². The maximum Gasteiger partial charge on any atom is 0.163 e. The summed E-state index contributed by atoms with van der Waals surface area (Å²) in [6.45, 7) is 7.87. The zero-order chi connectivity index (χ0) is 23.1. The molecule has 1 aliphatic heterocycles. The van der Waals surface area contributed by atoms with Crippen LogP contribution < -0.4 is 10.2 Å². The Morgan fingerprint density at radius 2 is 1.97 bits per heavy atom. The molecule has 0 amide bonds. The molecule has 7 heteroatoms. The third kappa shape index (κ3) is 3.66. The van der Waals surface area contributed by atoms with Gasteiger partial charge < -0.3 is 15.2 Å². The largest absolute Gasteiger partial charge is 0.353 e. The molecular weight excluding hydrogens is 422 g/mol. The second-order valence-corrected chi connectivity index (χ2v) is 9.05. The molecule has 4 aromatic heterocycles. The smallest absolute Gasteiger partial charge is 0.163 e. The predicted molar refractivity (Wildman–Crippen MR) is 138 cm³/mol. The number of nitrogens with zero attached hydrogens (tertiary/aromatic N) is 5. The van der Waals surface area contributed by atoms with E-state index in [1.165, 1.54) is 23.8 Å². The van der Waals surface area contributed by atoms with Gasteiger partial charge in [0.25, 0.3) is 0 Å². The predicted octanol–water partition coefficient (Wildman–Crippen LogP) is 4.83. The summed E-state index contributed by atoms with van der Waals surface area (Å²) in [6, 6.07) is 4.18. The van der Waals surface area contributed by atoms with Crippen LogP contribution >= 0.6 is 0 Å². The number of allylic oxidation sites excluding steroid dienone is 4. The van der Waals surface area contributed by atoms with Crippen molar-refractivity contribution in [2.75, 3.05) is 31.1 Å². The maximum atomic E-state index is 5.22. The fraction of sp³-hybridized carbons (Fsp3) is 0.333. The van der Waals surface area contributed by atoms with Crippen LogP contribution in [0.1, 0.15) is 43.9 Å². The van der Waals surface area contributed by atoms with Gasteiger partial charge in [0.15, 0.2) is 5.82 Å². The SMILES string of the molecule is CC=CC(=CC)c1cc2c(-c3nc(N4CCNCC4)c4c(C5CC5)cncc4n3)ccnc2[nH]1. The van der Waals surface area contributed by atoms with E-state index in [1.54, 1.807) is 0 Å². The molecule has 0 bridgehead atoms. The topological polar surface area (TPSA) is 82.6 Å². The lowest BCUT2D eigenvalue weighted by atomic mass is 10.1. The number of piperazine rings is 1. The van der Waals surface area contributed by atoms with E-state index in [1.807, 2.05) is 44.6 Å². The highest BCUT2D eigenvalue weighted by Gasteiger charge is 2.29. The molecule has 5 heterocycles. The molecule has 7 nitrogen and oxygen atoms in total. The zero-order valence-electron chi connectivity index (χ0n) is 19.7. The maximum absolute atomic E-state index is 5.22. The molecular formula is C27H29N7. The molecule has 0 unspecified atom stereocenters. The Morgan fingerprint density at radius 1 is 1.12 bits per heavy atom. The molecule has 1 saturated carbocycles. The monoisotopic (exact) mass is 451 g/mol. The molecule has 34 heavy (non-hydrogen) atoms. The first-order valence-corrected chi connectivity index (χ1v) is 12.2. The van der Waals surface area contributed by atoms with E-state index < -0.39 is 0 Å². The lowest BCUT2D eigenvalue weighted by Gasteiger charge is -2.30. The summed E-state index contributed by atoms with van der Waals surface area (Å²) < 4.78 is 0. The van der Waals surface area contributed by atoms with Crippen molar-refractivity contribution in [3.05, 3.63) is 60.2 Å². The Morgan fingerprint density at radius 3 is 2.74 bits per heavy atom. The van der Waals surface area contributed by atoms with Gasteiger partial charge in [0, 0.05) is 60.6 Å². The summed E-state index contributed by atoms with van der Waals surface area (Å²) >= 11 is 0. The number of hydrogen-bond donors (Lipinski definition) is 2. The lowest BCUT2D eigenvalue weighted by Crippen LogP contribution is -2.44. The molecule has 172 valence electrons. The summed E-state index contributed by atoms with van der Waals surface area (Å²) in [6.07, 6.45) is 14.4. The fourth-order valence-electron chi connectivity index (χ4n) is 4.92. The van der Waals surface area contributed by atoms with Crippen molar-refractivity contribution >= 4 is 33.3 Å². The quantitative estimate of drug-likeness (QED) is 0.423. The van der Waals surface area contributed by atoms with Crippen LogP contribution in [0.2, 0.25) is 0 Å². The third-order valence-corrected chi connectivity index (χ3v) is 6.79. The number of hydrogen-bond acceptors (Lipinski definition) is 6. The molecule has 4 aromatic rings. The van der Waals surface area contributed by atoms with E-state index in [-0.39, 0.29) is 0 Å². The summed E-state index contributed by atoms with van der Waals surface area (Å²) in [5.41, 5.74) is 6.21. The molecule has 1 aliphatic carbocycles. The first-order chi connectivity index (χ1) is 16.8. The standard InChI is InChI=1S/C27H29N7/c1-3-5-17(4-2)22-14-20-19(8-9-30-25(20)31-22)26-32-23-16-29-15-21(18-6-7-18)24(23)27(33-26)34-12-10-28-11-13-34/h3-5,8-9,14-16,18,28H,6-7,10-13H2,1-2H3,(H,30,31). The number of H-pyrrole nitrogens is 1. The number of aromatic nitrogens is 5. The van der Waals surface area contributed by atoms with Crippen LogP contribution in [-0.4, -0.2) is 51.1 Å². The summed E-state index contributed by atoms with van der Waals surface area (Å²) in [4.78, 5) is 25.3. The van der Waals surface area contributed by atoms with Gasteiger partial charge >= 0.3 is 0 Å². The van der Waals surface area contributed by atoms with Crippen molar-refractivity contribution in [1.29, 1.82) is 0 Å². The Bertz CT molecular complexity index is 1420. The van der Waals surface area contributed by atoms with Gasteiger partial charge in [-0.3, -0.25) is 4.98 Å². The van der Waals surface area contributed by atoms with Gasteiger partial charge in [-0.2, -0.15) is 0 Å². The van der Waals surface area contributed by atoms with Crippen LogP contribution in [0.4, 0.5) is 5.82 Å². The van der Waals surface area contributed by atoms with E-state index in [9.17, 15) is 0 Å². The molecule has 6 rings (SSSR count). The average Bonchev–Trinajstić information content (AvgIpc) is 3.64. The molecule has 0 aromatic carbocycles. The van der Waals surface area contributed by atoms with Crippen molar-refractivity contribution in [3.63, 3.8) is 0 Å². The van der Waals surface area contributed by atoms with Gasteiger partial charge in [-0.25, -0.2) is 15.0 Å². The second kappa shape index (κ2) is 8.65. The van der Waals surface area contributed by atoms with Crippen molar-refractivity contribution in [1.82, 2.24) is 30.2 Å². The summed E-state index contributed by atoms with van der Waals surface area (Å²) in [7, 11) is 0. The molecule has 0 radical (unpaired) electrons. The normalized spacial score (nSPS) is 17.4. The van der Waals surface area contributed by atoms with Gasteiger partial charge in [0.2, 0.25) is 0 Å². The van der Waals surface area contributed by atoms with Gasteiger partial charge in [0.1, 0.15) is 11.5 Å². The number of fused-ring (bicyclic) bond motifs is 2. The van der Waals surface area contributed by atoms with E-state index in [4.69, 9.17) is 9.97 Å². The molecule has 2 N–H and O–H groups in total. The summed E-state index contributed by atoms with van der Waals surface area (Å²) in [5, 5.41) is 5.66.